The number of imidazole rings is 1. The van der Waals surface area contributed by atoms with Gasteiger partial charge in [-0.3, -0.25) is 9.36 Å². The Hall–Kier alpha value is -2.60. The zero-order valence-electron chi connectivity index (χ0n) is 21.7. The van der Waals surface area contributed by atoms with Crippen molar-refractivity contribution in [1.82, 2.24) is 24.6 Å². The van der Waals surface area contributed by atoms with E-state index in [0.717, 1.165) is 6.42 Å². The van der Waals surface area contributed by atoms with Crippen LogP contribution in [0.5, 0.6) is 0 Å². The fraction of sp³-hybridized carbons (Fsp3) is 0.682. The molecule has 2 rings (SSSR count). The Labute approximate surface area is 210 Å². The summed E-state index contributed by atoms with van der Waals surface area (Å²) in [6.45, 7) is 10.1. The standard InChI is InChI=1S/C22H37N6O7P/c1-7-8-9-32-21(30)22(5,6)27-36(31,34-11-17(29)35-15(2)3)14-33-16(4)10-28-13-26-18-19(23)24-12-25-20(18)28/h12-13,15-16H,7-11,14H2,1-6H3,(H,27,31)(H2,23,24,25)/t16-,36+/m1/s1. The number of nitrogens with two attached hydrogens (primary N) is 1. The van der Waals surface area contributed by atoms with Crippen molar-refractivity contribution in [1.29, 1.82) is 0 Å². The second-order valence-electron chi connectivity index (χ2n) is 9.15. The first-order chi connectivity index (χ1) is 16.9. The van der Waals surface area contributed by atoms with Gasteiger partial charge in [0.1, 0.15) is 23.7 Å². The number of nitrogen functional groups attached to an aromatic ring is 1. The molecule has 0 fully saturated rings. The minimum absolute atomic E-state index is 0.243. The van der Waals surface area contributed by atoms with E-state index in [4.69, 9.17) is 24.5 Å². The molecule has 0 aliphatic carbocycles. The highest BCUT2D eigenvalue weighted by Crippen LogP contribution is 2.45. The maximum absolute atomic E-state index is 13.7. The molecule has 0 amide bonds. The number of nitrogens with zero attached hydrogens (tertiary/aromatic N) is 4. The molecule has 0 aromatic carbocycles. The van der Waals surface area contributed by atoms with Gasteiger partial charge in [-0.05, 0) is 41.0 Å². The molecule has 0 unspecified atom stereocenters. The quantitative estimate of drug-likeness (QED) is 0.197. The highest BCUT2D eigenvalue weighted by molar-refractivity contribution is 7.56. The monoisotopic (exact) mass is 528 g/mol. The van der Waals surface area contributed by atoms with Crippen molar-refractivity contribution in [2.75, 3.05) is 25.3 Å². The van der Waals surface area contributed by atoms with Gasteiger partial charge in [-0.25, -0.2) is 24.8 Å². The van der Waals surface area contributed by atoms with Gasteiger partial charge in [0.15, 0.2) is 18.1 Å². The number of nitrogens with one attached hydrogen (secondary N) is 1. The molecule has 2 atom stereocenters. The molecule has 0 saturated carbocycles. The molecule has 0 bridgehead atoms. The number of ether oxygens (including phenoxy) is 3. The number of unbranched alkanes of at least 4 members (excludes halogenated alkanes) is 1. The summed E-state index contributed by atoms with van der Waals surface area (Å²) in [6, 6.07) is 0. The Morgan fingerprint density at radius 2 is 1.94 bits per heavy atom. The molecule has 2 aromatic heterocycles. The zero-order valence-corrected chi connectivity index (χ0v) is 22.6. The van der Waals surface area contributed by atoms with Crippen LogP contribution in [0.4, 0.5) is 5.82 Å². The third-order valence-electron chi connectivity index (χ3n) is 4.86. The number of anilines is 1. The predicted molar refractivity (Wildman–Crippen MR) is 133 cm³/mol. The van der Waals surface area contributed by atoms with Gasteiger partial charge in [0.05, 0.1) is 31.7 Å². The van der Waals surface area contributed by atoms with Gasteiger partial charge < -0.3 is 29.0 Å². The maximum Gasteiger partial charge on any atom is 0.332 e. The molecule has 0 aliphatic rings. The minimum Gasteiger partial charge on any atom is -0.464 e. The average Bonchev–Trinajstić information content (AvgIpc) is 3.20. The second-order valence-corrected chi connectivity index (χ2v) is 11.2. The van der Waals surface area contributed by atoms with Gasteiger partial charge >= 0.3 is 11.9 Å². The fourth-order valence-electron chi connectivity index (χ4n) is 3.10. The van der Waals surface area contributed by atoms with Crippen LogP contribution < -0.4 is 10.8 Å². The molecule has 2 aromatic rings. The molecule has 13 nitrogen and oxygen atoms in total. The highest BCUT2D eigenvalue weighted by atomic mass is 31.2. The van der Waals surface area contributed by atoms with E-state index in [-0.39, 0.29) is 18.5 Å². The van der Waals surface area contributed by atoms with E-state index in [2.05, 4.69) is 20.0 Å². The minimum atomic E-state index is -3.88. The predicted octanol–water partition coefficient (Wildman–Crippen LogP) is 2.64. The number of aromatic nitrogens is 4. The molecular weight excluding hydrogens is 491 g/mol. The van der Waals surface area contributed by atoms with Crippen LogP contribution in [-0.4, -0.2) is 68.8 Å². The molecule has 14 heteroatoms. The summed E-state index contributed by atoms with van der Waals surface area (Å²) in [4.78, 5) is 36.9. The van der Waals surface area contributed by atoms with E-state index >= 15 is 0 Å². The van der Waals surface area contributed by atoms with Crippen molar-refractivity contribution in [2.45, 2.75) is 78.7 Å². The Kier molecular flexibility index (Phi) is 10.8. The lowest BCUT2D eigenvalue weighted by Gasteiger charge is -2.30. The van der Waals surface area contributed by atoms with Gasteiger partial charge in [0.2, 0.25) is 0 Å². The summed E-state index contributed by atoms with van der Waals surface area (Å²) < 4.78 is 37.0. The lowest BCUT2D eigenvalue weighted by Crippen LogP contribution is -2.47. The van der Waals surface area contributed by atoms with E-state index in [1.165, 1.54) is 20.2 Å². The number of carbonyl (C=O) groups excluding carboxylic acids is 2. The Balaban J connectivity index is 2.10. The van der Waals surface area contributed by atoms with Gasteiger partial charge in [0, 0.05) is 0 Å². The SMILES string of the molecule is CCCCOC(=O)C(C)(C)N[P@](=O)(CO[C@H](C)Cn1cnc2c(N)ncnc21)OCC(=O)OC(C)C. The first kappa shape index (κ1) is 29.6. The van der Waals surface area contributed by atoms with Crippen molar-refractivity contribution in [3.63, 3.8) is 0 Å². The van der Waals surface area contributed by atoms with E-state index in [1.807, 2.05) is 6.92 Å². The third kappa shape index (κ3) is 8.81. The number of rotatable bonds is 15. The van der Waals surface area contributed by atoms with Gasteiger partial charge in [-0.1, -0.05) is 13.3 Å². The molecule has 0 spiro atoms. The summed E-state index contributed by atoms with van der Waals surface area (Å²) in [5.74, 6) is -1.03. The van der Waals surface area contributed by atoms with Crippen LogP contribution >= 0.6 is 7.52 Å². The largest absolute Gasteiger partial charge is 0.464 e. The normalized spacial score (nSPS) is 14.5. The summed E-state index contributed by atoms with van der Waals surface area (Å²) >= 11 is 0. The zero-order chi connectivity index (χ0) is 26.9. The molecule has 0 saturated heterocycles. The van der Waals surface area contributed by atoms with Crippen molar-refractivity contribution < 1.29 is 32.9 Å². The van der Waals surface area contributed by atoms with Crippen LogP contribution in [0.1, 0.15) is 54.4 Å². The van der Waals surface area contributed by atoms with Gasteiger partial charge in [-0.15, -0.1) is 0 Å². The van der Waals surface area contributed by atoms with Crippen LogP contribution in [-0.2, 0) is 39.4 Å². The number of carbonyl (C=O) groups is 2. The van der Waals surface area contributed by atoms with E-state index < -0.39 is 44.1 Å². The van der Waals surface area contributed by atoms with Crippen LogP contribution in [0.15, 0.2) is 12.7 Å². The van der Waals surface area contributed by atoms with Crippen LogP contribution in [0.2, 0.25) is 0 Å². The first-order valence-corrected chi connectivity index (χ1v) is 13.6. The van der Waals surface area contributed by atoms with Crippen molar-refractivity contribution in [3.8, 4) is 0 Å². The molecule has 0 radical (unpaired) electrons. The molecule has 2 heterocycles. The fourth-order valence-corrected chi connectivity index (χ4v) is 5.02. The van der Waals surface area contributed by atoms with Crippen molar-refractivity contribution in [3.05, 3.63) is 12.7 Å². The first-order valence-electron chi connectivity index (χ1n) is 11.8. The van der Waals surface area contributed by atoms with Crippen LogP contribution in [0, 0.1) is 0 Å². The molecular formula is C22H37N6O7P. The van der Waals surface area contributed by atoms with Crippen LogP contribution in [0.25, 0.3) is 11.2 Å². The summed E-state index contributed by atoms with van der Waals surface area (Å²) in [5, 5.41) is 2.73. The lowest BCUT2D eigenvalue weighted by molar-refractivity contribution is -0.149. The molecule has 202 valence electrons. The number of fused-ring (bicyclic) bond motifs is 1. The van der Waals surface area contributed by atoms with E-state index in [1.54, 1.807) is 31.7 Å². The summed E-state index contributed by atoms with van der Waals surface area (Å²) in [7, 11) is -3.88. The topological polar surface area (TPSA) is 170 Å². The van der Waals surface area contributed by atoms with E-state index in [0.29, 0.717) is 24.1 Å². The smallest absolute Gasteiger partial charge is 0.332 e. The Bertz CT molecular complexity index is 1070. The number of hydrogen-bond acceptors (Lipinski definition) is 11. The Morgan fingerprint density at radius 1 is 1.22 bits per heavy atom. The summed E-state index contributed by atoms with van der Waals surface area (Å²) in [6.07, 6.45) is 3.21. The highest BCUT2D eigenvalue weighted by Gasteiger charge is 2.39. The Morgan fingerprint density at radius 3 is 2.61 bits per heavy atom. The average molecular weight is 529 g/mol. The number of hydrogen-bond donors (Lipinski definition) is 2. The van der Waals surface area contributed by atoms with Crippen LogP contribution in [0.3, 0.4) is 0 Å². The van der Waals surface area contributed by atoms with Gasteiger partial charge in [0.25, 0.3) is 7.52 Å². The third-order valence-corrected chi connectivity index (χ3v) is 6.80. The van der Waals surface area contributed by atoms with Crippen molar-refractivity contribution in [2.24, 2.45) is 0 Å². The maximum atomic E-state index is 13.7. The van der Waals surface area contributed by atoms with E-state index in [9.17, 15) is 14.2 Å². The lowest BCUT2D eigenvalue weighted by atomic mass is 10.1. The second kappa shape index (κ2) is 13.1. The van der Waals surface area contributed by atoms with Gasteiger partial charge in [-0.2, -0.15) is 0 Å². The van der Waals surface area contributed by atoms with Crippen molar-refractivity contribution >= 4 is 36.4 Å². The molecule has 36 heavy (non-hydrogen) atoms. The number of esters is 2. The molecule has 0 aliphatic heterocycles. The molecule has 3 N–H and O–H groups in total. The summed E-state index contributed by atoms with van der Waals surface area (Å²) in [5.41, 5.74) is 5.46.